The average Bonchev–Trinajstić information content (AvgIpc) is 2.68. The zero-order valence-corrected chi connectivity index (χ0v) is 12.3. The molecule has 6 nitrogen and oxygen atoms in total. The minimum Gasteiger partial charge on any atom is -0.491 e. The number of nitrogens with two attached hydrogens (primary N) is 1. The molecule has 1 aliphatic heterocycles. The summed E-state index contributed by atoms with van der Waals surface area (Å²) in [4.78, 5) is 10.3. The molecular formula is C14H15ClN4O2. The zero-order valence-electron chi connectivity index (χ0n) is 11.5. The molecule has 1 aromatic carbocycles. The van der Waals surface area contributed by atoms with Crippen molar-refractivity contribution in [3.8, 4) is 11.6 Å². The standard InChI is InChI=1S/C14H15ClN4O2/c1-20-13-7-12(17-14(16)18-13)19-4-5-21-11-3-2-10(15)6-9(11)8-19/h2-3,6-7H,4-5,8H2,1H3,(H2,16,17,18). The fraction of sp³-hybridized carbons (Fsp3) is 0.286. The molecule has 1 aromatic heterocycles. The van der Waals surface area contributed by atoms with E-state index in [9.17, 15) is 0 Å². The van der Waals surface area contributed by atoms with Crippen LogP contribution >= 0.6 is 11.6 Å². The Labute approximate surface area is 127 Å². The molecule has 7 heteroatoms. The van der Waals surface area contributed by atoms with E-state index in [-0.39, 0.29) is 5.95 Å². The second-order valence-corrected chi connectivity index (χ2v) is 5.09. The molecule has 0 saturated carbocycles. The van der Waals surface area contributed by atoms with Crippen molar-refractivity contribution in [1.29, 1.82) is 0 Å². The van der Waals surface area contributed by atoms with Gasteiger partial charge in [-0.2, -0.15) is 9.97 Å². The lowest BCUT2D eigenvalue weighted by atomic mass is 10.2. The largest absolute Gasteiger partial charge is 0.491 e. The summed E-state index contributed by atoms with van der Waals surface area (Å²) in [5.74, 6) is 2.17. The normalized spacial score (nSPS) is 14.1. The van der Waals surface area contributed by atoms with Gasteiger partial charge in [0.1, 0.15) is 18.2 Å². The van der Waals surface area contributed by atoms with Crippen molar-refractivity contribution in [2.24, 2.45) is 0 Å². The Kier molecular flexibility index (Phi) is 3.70. The van der Waals surface area contributed by atoms with Gasteiger partial charge in [-0.05, 0) is 18.2 Å². The van der Waals surface area contributed by atoms with Crippen molar-refractivity contribution < 1.29 is 9.47 Å². The van der Waals surface area contributed by atoms with Gasteiger partial charge >= 0.3 is 0 Å². The van der Waals surface area contributed by atoms with E-state index in [1.54, 1.807) is 13.2 Å². The number of fused-ring (bicyclic) bond motifs is 1. The van der Waals surface area contributed by atoms with Crippen LogP contribution in [0, 0.1) is 0 Å². The molecule has 2 heterocycles. The third-order valence-corrected chi connectivity index (χ3v) is 3.48. The van der Waals surface area contributed by atoms with Gasteiger partial charge in [-0.15, -0.1) is 0 Å². The summed E-state index contributed by atoms with van der Waals surface area (Å²) >= 11 is 6.06. The smallest absolute Gasteiger partial charge is 0.225 e. The monoisotopic (exact) mass is 306 g/mol. The summed E-state index contributed by atoms with van der Waals surface area (Å²) in [7, 11) is 1.55. The van der Waals surface area contributed by atoms with Gasteiger partial charge in [0, 0.05) is 23.2 Å². The summed E-state index contributed by atoms with van der Waals surface area (Å²) in [6.45, 7) is 1.88. The van der Waals surface area contributed by atoms with Gasteiger partial charge in [0.15, 0.2) is 0 Å². The number of methoxy groups -OCH3 is 1. The van der Waals surface area contributed by atoms with Gasteiger partial charge in [-0.25, -0.2) is 0 Å². The Hall–Kier alpha value is -2.21. The summed E-state index contributed by atoms with van der Waals surface area (Å²) in [5, 5.41) is 0.680. The fourth-order valence-corrected chi connectivity index (χ4v) is 2.45. The van der Waals surface area contributed by atoms with Crippen LogP contribution in [-0.2, 0) is 6.54 Å². The maximum Gasteiger partial charge on any atom is 0.225 e. The predicted molar refractivity (Wildman–Crippen MR) is 81.0 cm³/mol. The molecular weight excluding hydrogens is 292 g/mol. The number of anilines is 2. The van der Waals surface area contributed by atoms with E-state index in [4.69, 9.17) is 26.8 Å². The second-order valence-electron chi connectivity index (χ2n) is 4.65. The van der Waals surface area contributed by atoms with Crippen molar-refractivity contribution in [3.63, 3.8) is 0 Å². The van der Waals surface area contributed by atoms with E-state index < -0.39 is 0 Å². The number of halogens is 1. The molecule has 0 atom stereocenters. The van der Waals surface area contributed by atoms with E-state index >= 15 is 0 Å². The lowest BCUT2D eigenvalue weighted by molar-refractivity contribution is 0.331. The fourth-order valence-electron chi connectivity index (χ4n) is 2.26. The van der Waals surface area contributed by atoms with Gasteiger partial charge in [-0.1, -0.05) is 11.6 Å². The van der Waals surface area contributed by atoms with Gasteiger partial charge in [-0.3, -0.25) is 0 Å². The molecule has 0 amide bonds. The third-order valence-electron chi connectivity index (χ3n) is 3.24. The number of nitrogens with zero attached hydrogens (tertiary/aromatic N) is 3. The Balaban J connectivity index is 1.94. The van der Waals surface area contributed by atoms with Crippen LogP contribution in [0.3, 0.4) is 0 Å². The van der Waals surface area contributed by atoms with Crippen molar-refractivity contribution in [1.82, 2.24) is 9.97 Å². The Morgan fingerprint density at radius 1 is 1.33 bits per heavy atom. The molecule has 21 heavy (non-hydrogen) atoms. The van der Waals surface area contributed by atoms with Crippen molar-refractivity contribution in [3.05, 3.63) is 34.9 Å². The van der Waals surface area contributed by atoms with Crippen molar-refractivity contribution >= 4 is 23.4 Å². The highest BCUT2D eigenvalue weighted by Gasteiger charge is 2.18. The van der Waals surface area contributed by atoms with Gasteiger partial charge in [0.05, 0.1) is 13.7 Å². The number of ether oxygens (including phenoxy) is 2. The molecule has 2 aromatic rings. The molecule has 3 rings (SSSR count). The molecule has 0 spiro atoms. The number of rotatable bonds is 2. The lowest BCUT2D eigenvalue weighted by Crippen LogP contribution is -2.26. The predicted octanol–water partition coefficient (Wildman–Crippen LogP) is 2.12. The summed E-state index contributed by atoms with van der Waals surface area (Å²) in [6.07, 6.45) is 0. The minimum absolute atomic E-state index is 0.181. The molecule has 0 aliphatic carbocycles. The maximum absolute atomic E-state index is 6.06. The Morgan fingerprint density at radius 3 is 3.00 bits per heavy atom. The number of hydrogen-bond donors (Lipinski definition) is 1. The van der Waals surface area contributed by atoms with Crippen molar-refractivity contribution in [2.75, 3.05) is 30.9 Å². The minimum atomic E-state index is 0.181. The Morgan fingerprint density at radius 2 is 2.19 bits per heavy atom. The van der Waals surface area contributed by atoms with Gasteiger partial charge in [0.2, 0.25) is 11.8 Å². The maximum atomic E-state index is 6.06. The average molecular weight is 307 g/mol. The molecule has 0 saturated heterocycles. The molecule has 0 bridgehead atoms. The summed E-state index contributed by atoms with van der Waals surface area (Å²) < 4.78 is 10.9. The second kappa shape index (κ2) is 5.65. The summed E-state index contributed by atoms with van der Waals surface area (Å²) in [5.41, 5.74) is 6.73. The van der Waals surface area contributed by atoms with Crippen LogP contribution < -0.4 is 20.1 Å². The van der Waals surface area contributed by atoms with Crippen LogP contribution in [0.25, 0.3) is 0 Å². The summed E-state index contributed by atoms with van der Waals surface area (Å²) in [6, 6.07) is 7.36. The Bertz CT molecular complexity index is 665. The first kappa shape index (κ1) is 13.8. The molecule has 0 fully saturated rings. The van der Waals surface area contributed by atoms with Crippen LogP contribution in [0.2, 0.25) is 5.02 Å². The third kappa shape index (κ3) is 2.95. The highest BCUT2D eigenvalue weighted by molar-refractivity contribution is 6.30. The van der Waals surface area contributed by atoms with Crippen LogP contribution in [0.15, 0.2) is 24.3 Å². The van der Waals surface area contributed by atoms with Crippen LogP contribution in [0.1, 0.15) is 5.56 Å². The van der Waals surface area contributed by atoms with E-state index in [2.05, 4.69) is 14.9 Å². The molecule has 0 radical (unpaired) electrons. The number of benzene rings is 1. The van der Waals surface area contributed by atoms with E-state index in [1.807, 2.05) is 18.2 Å². The van der Waals surface area contributed by atoms with E-state index in [0.29, 0.717) is 36.4 Å². The SMILES string of the molecule is COc1cc(N2CCOc3ccc(Cl)cc3C2)nc(N)n1. The molecule has 0 unspecified atom stereocenters. The zero-order chi connectivity index (χ0) is 14.8. The first-order valence-corrected chi connectivity index (χ1v) is 6.88. The van der Waals surface area contributed by atoms with Gasteiger partial charge < -0.3 is 20.1 Å². The van der Waals surface area contributed by atoms with E-state index in [1.165, 1.54) is 0 Å². The van der Waals surface area contributed by atoms with Crippen LogP contribution in [-0.4, -0.2) is 30.2 Å². The van der Waals surface area contributed by atoms with Crippen LogP contribution in [0.5, 0.6) is 11.6 Å². The first-order chi connectivity index (χ1) is 10.2. The highest BCUT2D eigenvalue weighted by atomic mass is 35.5. The quantitative estimate of drug-likeness (QED) is 0.916. The lowest BCUT2D eigenvalue weighted by Gasteiger charge is -2.21. The molecule has 1 aliphatic rings. The van der Waals surface area contributed by atoms with E-state index in [0.717, 1.165) is 11.3 Å². The van der Waals surface area contributed by atoms with Crippen LogP contribution in [0.4, 0.5) is 11.8 Å². The number of hydrogen-bond acceptors (Lipinski definition) is 6. The van der Waals surface area contributed by atoms with Crippen molar-refractivity contribution in [2.45, 2.75) is 6.54 Å². The number of nitrogen functional groups attached to an aromatic ring is 1. The highest BCUT2D eigenvalue weighted by Crippen LogP contribution is 2.29. The molecule has 110 valence electrons. The number of aromatic nitrogens is 2. The first-order valence-electron chi connectivity index (χ1n) is 6.50. The topological polar surface area (TPSA) is 73.5 Å². The van der Waals surface area contributed by atoms with Gasteiger partial charge in [0.25, 0.3) is 0 Å². The molecule has 2 N–H and O–H groups in total.